The van der Waals surface area contributed by atoms with Crippen molar-refractivity contribution in [2.75, 3.05) is 5.32 Å². The maximum atomic E-state index is 9.43. The Balaban J connectivity index is 1.68. The quantitative estimate of drug-likeness (QED) is 0.515. The number of aliphatic hydroxyl groups excluding tert-OH is 1. The van der Waals surface area contributed by atoms with Crippen LogP contribution in [-0.4, -0.2) is 41.2 Å². The largest absolute Gasteiger partial charge is 0.391 e. The molecule has 4 rings (SSSR count). The van der Waals surface area contributed by atoms with Gasteiger partial charge in [-0.25, -0.2) is 9.97 Å². The molecule has 24 heavy (non-hydrogen) atoms. The summed E-state index contributed by atoms with van der Waals surface area (Å²) in [5, 5.41) is 25.6. The molecule has 0 aliphatic heterocycles. The lowest BCUT2D eigenvalue weighted by atomic mass is 10.2. The van der Waals surface area contributed by atoms with Crippen LogP contribution in [0.15, 0.2) is 36.2 Å². The Hall–Kier alpha value is -2.78. The van der Waals surface area contributed by atoms with E-state index in [1.165, 1.54) is 0 Å². The van der Waals surface area contributed by atoms with Gasteiger partial charge in [0, 0.05) is 18.0 Å². The molecular formula is C15H15N7OS. The molecule has 4 aromatic heterocycles. The molecule has 0 aromatic carbocycles. The summed E-state index contributed by atoms with van der Waals surface area (Å²) < 4.78 is 2.69. The van der Waals surface area contributed by atoms with Gasteiger partial charge in [-0.3, -0.25) is 9.78 Å². The van der Waals surface area contributed by atoms with Crippen molar-refractivity contribution >= 4 is 33.2 Å². The second-order valence-electron chi connectivity index (χ2n) is 5.44. The standard InChI is InChI=1S/C15H15N7OS/c1-9(23)7-22-8-11(6-18-22)19-15-20-12-2-3-24-14(12)13(21-15)10-4-16-17-5-10/h2-6,8-9,23H,7H2,1H3,(H,16,17)(H,19,20,21)/t9-/m0/s1. The molecule has 122 valence electrons. The molecule has 4 heterocycles. The van der Waals surface area contributed by atoms with Crippen LogP contribution in [0.3, 0.4) is 0 Å². The van der Waals surface area contributed by atoms with Crippen LogP contribution in [0.25, 0.3) is 21.5 Å². The van der Waals surface area contributed by atoms with Gasteiger partial charge in [0.2, 0.25) is 5.95 Å². The van der Waals surface area contributed by atoms with E-state index in [1.807, 2.05) is 23.8 Å². The Kier molecular flexibility index (Phi) is 3.71. The summed E-state index contributed by atoms with van der Waals surface area (Å²) in [4.78, 5) is 9.17. The van der Waals surface area contributed by atoms with Crippen LogP contribution < -0.4 is 5.32 Å². The Morgan fingerprint density at radius 1 is 1.38 bits per heavy atom. The summed E-state index contributed by atoms with van der Waals surface area (Å²) in [5.41, 5.74) is 3.40. The van der Waals surface area contributed by atoms with Crippen molar-refractivity contribution in [3.8, 4) is 11.3 Å². The van der Waals surface area contributed by atoms with Crippen molar-refractivity contribution in [3.05, 3.63) is 36.2 Å². The number of hydrogen-bond acceptors (Lipinski definition) is 7. The third kappa shape index (κ3) is 2.86. The highest BCUT2D eigenvalue weighted by Crippen LogP contribution is 2.31. The molecule has 0 amide bonds. The van der Waals surface area contributed by atoms with Gasteiger partial charge in [-0.05, 0) is 18.4 Å². The Bertz CT molecular complexity index is 957. The molecule has 4 aromatic rings. The van der Waals surface area contributed by atoms with Crippen LogP contribution in [0.5, 0.6) is 0 Å². The number of nitrogens with one attached hydrogen (secondary N) is 2. The van der Waals surface area contributed by atoms with E-state index in [0.717, 1.165) is 27.2 Å². The third-order valence-corrected chi connectivity index (χ3v) is 4.33. The lowest BCUT2D eigenvalue weighted by Gasteiger charge is -2.06. The van der Waals surface area contributed by atoms with Crippen molar-refractivity contribution in [1.82, 2.24) is 29.9 Å². The first-order chi connectivity index (χ1) is 11.7. The van der Waals surface area contributed by atoms with Crippen molar-refractivity contribution in [2.24, 2.45) is 0 Å². The molecule has 0 fully saturated rings. The molecule has 0 radical (unpaired) electrons. The summed E-state index contributed by atoms with van der Waals surface area (Å²) in [6.07, 6.45) is 6.59. The zero-order valence-electron chi connectivity index (χ0n) is 12.8. The number of aromatic nitrogens is 6. The highest BCUT2D eigenvalue weighted by molar-refractivity contribution is 7.17. The van der Waals surface area contributed by atoms with E-state index in [1.54, 1.807) is 35.3 Å². The topological polar surface area (TPSA) is 105 Å². The Labute approximate surface area is 141 Å². The fourth-order valence-electron chi connectivity index (χ4n) is 2.42. The van der Waals surface area contributed by atoms with Gasteiger partial charge in [0.1, 0.15) is 0 Å². The second kappa shape index (κ2) is 6.02. The highest BCUT2D eigenvalue weighted by Gasteiger charge is 2.12. The minimum absolute atomic E-state index is 0.437. The van der Waals surface area contributed by atoms with E-state index >= 15 is 0 Å². The molecular weight excluding hydrogens is 326 g/mol. The molecule has 8 nitrogen and oxygen atoms in total. The Morgan fingerprint density at radius 2 is 2.29 bits per heavy atom. The number of aliphatic hydroxyl groups is 1. The molecule has 3 N–H and O–H groups in total. The van der Waals surface area contributed by atoms with Crippen molar-refractivity contribution in [2.45, 2.75) is 19.6 Å². The monoisotopic (exact) mass is 341 g/mol. The number of nitrogens with zero attached hydrogens (tertiary/aromatic N) is 5. The van der Waals surface area contributed by atoms with Gasteiger partial charge in [0.15, 0.2) is 0 Å². The molecule has 0 aliphatic carbocycles. The minimum atomic E-state index is -0.455. The maximum Gasteiger partial charge on any atom is 0.228 e. The maximum absolute atomic E-state index is 9.43. The highest BCUT2D eigenvalue weighted by atomic mass is 32.1. The molecule has 1 atom stereocenters. The fraction of sp³-hybridized carbons (Fsp3) is 0.200. The molecule has 9 heteroatoms. The van der Waals surface area contributed by atoms with Crippen LogP contribution in [0.2, 0.25) is 0 Å². The predicted molar refractivity (Wildman–Crippen MR) is 92.2 cm³/mol. The van der Waals surface area contributed by atoms with Gasteiger partial charge >= 0.3 is 0 Å². The molecule has 0 spiro atoms. The molecule has 0 unspecified atom stereocenters. The number of anilines is 2. The molecule has 0 saturated carbocycles. The zero-order valence-corrected chi connectivity index (χ0v) is 13.7. The van der Waals surface area contributed by atoms with Crippen LogP contribution in [0.1, 0.15) is 6.92 Å². The van der Waals surface area contributed by atoms with E-state index in [2.05, 4.69) is 30.6 Å². The van der Waals surface area contributed by atoms with Gasteiger partial charge in [0.25, 0.3) is 0 Å². The first-order valence-electron chi connectivity index (χ1n) is 7.41. The average Bonchev–Trinajstić information content (AvgIpc) is 3.26. The van der Waals surface area contributed by atoms with E-state index < -0.39 is 6.10 Å². The molecule has 0 bridgehead atoms. The summed E-state index contributed by atoms with van der Waals surface area (Å²) in [5.74, 6) is 0.494. The van der Waals surface area contributed by atoms with E-state index in [9.17, 15) is 5.11 Å². The van der Waals surface area contributed by atoms with Gasteiger partial charge in [-0.1, -0.05) is 0 Å². The first kappa shape index (κ1) is 14.8. The summed E-state index contributed by atoms with van der Waals surface area (Å²) in [7, 11) is 0. The van der Waals surface area contributed by atoms with Crippen molar-refractivity contribution < 1.29 is 5.11 Å². The van der Waals surface area contributed by atoms with Gasteiger partial charge in [0.05, 0.1) is 46.6 Å². The number of rotatable bonds is 5. The van der Waals surface area contributed by atoms with Gasteiger partial charge in [-0.15, -0.1) is 11.3 Å². The average molecular weight is 341 g/mol. The zero-order chi connectivity index (χ0) is 16.5. The van der Waals surface area contributed by atoms with Crippen LogP contribution in [0.4, 0.5) is 11.6 Å². The predicted octanol–water partition coefficient (Wildman–Crippen LogP) is 2.40. The molecule has 0 saturated heterocycles. The SMILES string of the molecule is C[C@H](O)Cn1cc(Nc2nc(-c3cn[nH]c3)c3sccc3n2)cn1. The first-order valence-corrected chi connectivity index (χ1v) is 8.29. The number of thiophene rings is 1. The molecule has 0 aliphatic rings. The number of fused-ring (bicyclic) bond motifs is 1. The summed E-state index contributed by atoms with van der Waals surface area (Å²) in [6, 6.07) is 1.97. The smallest absolute Gasteiger partial charge is 0.228 e. The van der Waals surface area contributed by atoms with Gasteiger partial charge < -0.3 is 10.4 Å². The number of H-pyrrole nitrogens is 1. The third-order valence-electron chi connectivity index (χ3n) is 3.42. The lowest BCUT2D eigenvalue weighted by molar-refractivity contribution is 0.168. The van der Waals surface area contributed by atoms with E-state index in [4.69, 9.17) is 0 Å². The van der Waals surface area contributed by atoms with Gasteiger partial charge in [-0.2, -0.15) is 10.2 Å². The van der Waals surface area contributed by atoms with Crippen molar-refractivity contribution in [3.63, 3.8) is 0 Å². The Morgan fingerprint density at radius 3 is 3.08 bits per heavy atom. The van der Waals surface area contributed by atoms with Crippen LogP contribution in [-0.2, 0) is 6.54 Å². The van der Waals surface area contributed by atoms with Crippen molar-refractivity contribution in [1.29, 1.82) is 0 Å². The normalized spacial score (nSPS) is 12.6. The lowest BCUT2D eigenvalue weighted by Crippen LogP contribution is -2.11. The minimum Gasteiger partial charge on any atom is -0.391 e. The van der Waals surface area contributed by atoms with E-state index in [0.29, 0.717) is 12.5 Å². The van der Waals surface area contributed by atoms with Crippen LogP contribution >= 0.6 is 11.3 Å². The fourth-order valence-corrected chi connectivity index (χ4v) is 3.27. The van der Waals surface area contributed by atoms with E-state index in [-0.39, 0.29) is 0 Å². The number of hydrogen-bond donors (Lipinski definition) is 3. The summed E-state index contributed by atoms with van der Waals surface area (Å²) >= 11 is 1.60. The van der Waals surface area contributed by atoms with Crippen LogP contribution in [0, 0.1) is 0 Å². The summed E-state index contributed by atoms with van der Waals surface area (Å²) in [6.45, 7) is 2.16. The number of aromatic amines is 1. The second-order valence-corrected chi connectivity index (χ2v) is 6.36.